The Morgan fingerprint density at radius 1 is 1.39 bits per heavy atom. The highest BCUT2D eigenvalue weighted by Gasteiger charge is 2.09. The van der Waals surface area contributed by atoms with E-state index in [4.69, 9.17) is 5.73 Å². The van der Waals surface area contributed by atoms with E-state index in [-0.39, 0.29) is 6.04 Å². The second-order valence-electron chi connectivity index (χ2n) is 4.68. The predicted octanol–water partition coefficient (Wildman–Crippen LogP) is 3.71. The topological polar surface area (TPSA) is 38.9 Å². The lowest BCUT2D eigenvalue weighted by Gasteiger charge is -2.08. The lowest BCUT2D eigenvalue weighted by atomic mass is 10.1. The van der Waals surface area contributed by atoms with Crippen molar-refractivity contribution < 1.29 is 0 Å². The minimum atomic E-state index is 0.245. The Hall–Kier alpha value is -0.710. The van der Waals surface area contributed by atoms with Crippen LogP contribution >= 0.6 is 22.7 Å². The standard InChI is InChI=1S/C14H20N2S2/c1-10-11(2)18-14(16-10)9-12(15)5-3-6-13-7-4-8-17-13/h4,7-8,12H,3,5-6,9,15H2,1-2H3. The SMILES string of the molecule is Cc1nc(CC(N)CCCc2cccs2)sc1C. The van der Waals surface area contributed by atoms with Gasteiger partial charge in [-0.1, -0.05) is 6.07 Å². The largest absolute Gasteiger partial charge is 0.327 e. The molecule has 0 aliphatic carbocycles. The summed E-state index contributed by atoms with van der Waals surface area (Å²) in [5.41, 5.74) is 7.33. The molecule has 0 saturated carbocycles. The molecule has 0 amide bonds. The lowest BCUT2D eigenvalue weighted by Crippen LogP contribution is -2.22. The summed E-state index contributed by atoms with van der Waals surface area (Å²) in [4.78, 5) is 7.33. The molecule has 2 aromatic rings. The maximum Gasteiger partial charge on any atom is 0.0946 e. The Kier molecular flexibility index (Phi) is 4.92. The molecule has 2 N–H and O–H groups in total. The maximum atomic E-state index is 6.17. The second kappa shape index (κ2) is 6.45. The molecule has 0 saturated heterocycles. The van der Waals surface area contributed by atoms with E-state index in [1.54, 1.807) is 11.3 Å². The number of hydrogen-bond acceptors (Lipinski definition) is 4. The van der Waals surface area contributed by atoms with Gasteiger partial charge >= 0.3 is 0 Å². The Morgan fingerprint density at radius 3 is 2.83 bits per heavy atom. The molecule has 0 aromatic carbocycles. The Morgan fingerprint density at radius 2 is 2.22 bits per heavy atom. The van der Waals surface area contributed by atoms with Gasteiger partial charge in [-0.3, -0.25) is 0 Å². The van der Waals surface area contributed by atoms with E-state index in [0.717, 1.165) is 25.0 Å². The van der Waals surface area contributed by atoms with Crippen molar-refractivity contribution in [2.24, 2.45) is 5.73 Å². The summed E-state index contributed by atoms with van der Waals surface area (Å²) in [6.07, 6.45) is 4.33. The molecule has 18 heavy (non-hydrogen) atoms. The van der Waals surface area contributed by atoms with Crippen LogP contribution < -0.4 is 5.73 Å². The zero-order valence-corrected chi connectivity index (χ0v) is 12.6. The summed E-state index contributed by atoms with van der Waals surface area (Å²) in [6, 6.07) is 4.56. The van der Waals surface area contributed by atoms with Gasteiger partial charge < -0.3 is 5.73 Å². The third-order valence-corrected chi connectivity index (χ3v) is 5.12. The van der Waals surface area contributed by atoms with Crippen LogP contribution in [-0.4, -0.2) is 11.0 Å². The van der Waals surface area contributed by atoms with Gasteiger partial charge in [-0.15, -0.1) is 22.7 Å². The minimum Gasteiger partial charge on any atom is -0.327 e. The van der Waals surface area contributed by atoms with Gasteiger partial charge in [0.25, 0.3) is 0 Å². The molecule has 2 rings (SSSR count). The first-order valence-corrected chi connectivity index (χ1v) is 8.05. The van der Waals surface area contributed by atoms with Gasteiger partial charge in [0.1, 0.15) is 0 Å². The van der Waals surface area contributed by atoms with Crippen molar-refractivity contribution in [3.8, 4) is 0 Å². The van der Waals surface area contributed by atoms with Gasteiger partial charge in [0, 0.05) is 22.2 Å². The van der Waals surface area contributed by atoms with Crippen LogP contribution in [0.2, 0.25) is 0 Å². The monoisotopic (exact) mass is 280 g/mol. The van der Waals surface area contributed by atoms with Gasteiger partial charge in [-0.2, -0.15) is 0 Å². The summed E-state index contributed by atoms with van der Waals surface area (Å²) in [6.45, 7) is 4.19. The van der Waals surface area contributed by atoms with E-state index in [1.165, 1.54) is 21.2 Å². The zero-order valence-electron chi connectivity index (χ0n) is 11.0. The predicted molar refractivity (Wildman–Crippen MR) is 80.5 cm³/mol. The van der Waals surface area contributed by atoms with Crippen molar-refractivity contribution in [2.45, 2.75) is 45.6 Å². The summed E-state index contributed by atoms with van der Waals surface area (Å²) < 4.78 is 0. The van der Waals surface area contributed by atoms with Crippen LogP contribution in [0.1, 0.15) is 33.3 Å². The summed E-state index contributed by atoms with van der Waals surface area (Å²) >= 11 is 3.62. The van der Waals surface area contributed by atoms with Crippen LogP contribution in [0.25, 0.3) is 0 Å². The van der Waals surface area contributed by atoms with Crippen molar-refractivity contribution in [3.05, 3.63) is 38.0 Å². The number of aromatic nitrogens is 1. The number of hydrogen-bond donors (Lipinski definition) is 1. The fourth-order valence-corrected chi connectivity index (χ4v) is 3.72. The van der Waals surface area contributed by atoms with Gasteiger partial charge in [0.05, 0.1) is 10.7 Å². The van der Waals surface area contributed by atoms with E-state index in [9.17, 15) is 0 Å². The zero-order chi connectivity index (χ0) is 13.0. The van der Waals surface area contributed by atoms with Crippen LogP contribution in [-0.2, 0) is 12.8 Å². The number of thiophene rings is 1. The van der Waals surface area contributed by atoms with Gasteiger partial charge in [0.15, 0.2) is 0 Å². The number of aryl methyl sites for hydroxylation is 3. The quantitative estimate of drug-likeness (QED) is 0.876. The summed E-state index contributed by atoms with van der Waals surface area (Å²) in [5.74, 6) is 0. The normalized spacial score (nSPS) is 12.8. The molecule has 0 aliphatic rings. The molecule has 98 valence electrons. The van der Waals surface area contributed by atoms with E-state index in [0.29, 0.717) is 0 Å². The van der Waals surface area contributed by atoms with Crippen molar-refractivity contribution in [1.82, 2.24) is 4.98 Å². The van der Waals surface area contributed by atoms with E-state index in [2.05, 4.69) is 36.3 Å². The fraction of sp³-hybridized carbons (Fsp3) is 0.500. The van der Waals surface area contributed by atoms with Crippen LogP contribution in [0.4, 0.5) is 0 Å². The van der Waals surface area contributed by atoms with Gasteiger partial charge in [-0.25, -0.2) is 4.98 Å². The first-order chi connectivity index (χ1) is 8.65. The van der Waals surface area contributed by atoms with Crippen molar-refractivity contribution in [2.75, 3.05) is 0 Å². The van der Waals surface area contributed by atoms with Crippen LogP contribution in [0.5, 0.6) is 0 Å². The Bertz CT molecular complexity index is 454. The number of rotatable bonds is 6. The average Bonchev–Trinajstić information content (AvgIpc) is 2.90. The molecular formula is C14H20N2S2. The molecule has 2 heterocycles. The lowest BCUT2D eigenvalue weighted by molar-refractivity contribution is 0.580. The van der Waals surface area contributed by atoms with E-state index in [1.807, 2.05) is 11.3 Å². The molecule has 0 bridgehead atoms. The molecule has 0 aliphatic heterocycles. The maximum absolute atomic E-state index is 6.17. The Labute approximate surface area is 117 Å². The van der Waals surface area contributed by atoms with Crippen LogP contribution in [0.15, 0.2) is 17.5 Å². The molecule has 0 spiro atoms. The van der Waals surface area contributed by atoms with Crippen molar-refractivity contribution in [1.29, 1.82) is 0 Å². The third kappa shape index (κ3) is 3.90. The van der Waals surface area contributed by atoms with Crippen LogP contribution in [0.3, 0.4) is 0 Å². The fourth-order valence-electron chi connectivity index (χ4n) is 1.95. The van der Waals surface area contributed by atoms with Gasteiger partial charge in [0.2, 0.25) is 0 Å². The first-order valence-electron chi connectivity index (χ1n) is 6.36. The first kappa shape index (κ1) is 13.7. The molecular weight excluding hydrogens is 260 g/mol. The molecule has 2 nitrogen and oxygen atoms in total. The van der Waals surface area contributed by atoms with Crippen LogP contribution in [0, 0.1) is 13.8 Å². The molecule has 2 aromatic heterocycles. The number of nitrogens with two attached hydrogens (primary N) is 1. The molecule has 4 heteroatoms. The van der Waals surface area contributed by atoms with E-state index < -0.39 is 0 Å². The summed E-state index contributed by atoms with van der Waals surface area (Å²) in [7, 11) is 0. The molecule has 1 atom stereocenters. The molecule has 1 unspecified atom stereocenters. The highest BCUT2D eigenvalue weighted by Crippen LogP contribution is 2.19. The average molecular weight is 280 g/mol. The second-order valence-corrected chi connectivity index (χ2v) is 7.00. The Balaban J connectivity index is 1.73. The third-order valence-electron chi connectivity index (χ3n) is 3.09. The number of nitrogens with zero attached hydrogens (tertiary/aromatic N) is 1. The van der Waals surface area contributed by atoms with E-state index >= 15 is 0 Å². The van der Waals surface area contributed by atoms with Crippen molar-refractivity contribution in [3.63, 3.8) is 0 Å². The highest BCUT2D eigenvalue weighted by atomic mass is 32.1. The minimum absolute atomic E-state index is 0.245. The van der Waals surface area contributed by atoms with Crippen molar-refractivity contribution >= 4 is 22.7 Å². The molecule has 0 fully saturated rings. The summed E-state index contributed by atoms with van der Waals surface area (Å²) in [5, 5.41) is 3.32. The highest BCUT2D eigenvalue weighted by molar-refractivity contribution is 7.11. The van der Waals surface area contributed by atoms with Gasteiger partial charge in [-0.05, 0) is 44.6 Å². The molecule has 0 radical (unpaired) electrons. The number of thiazole rings is 1. The smallest absolute Gasteiger partial charge is 0.0946 e.